The lowest BCUT2D eigenvalue weighted by Crippen LogP contribution is -2.37. The van der Waals surface area contributed by atoms with Crippen molar-refractivity contribution in [1.82, 2.24) is 9.47 Å². The molecule has 0 atom stereocenters. The van der Waals surface area contributed by atoms with Crippen molar-refractivity contribution in [3.63, 3.8) is 0 Å². The molecule has 0 bridgehead atoms. The lowest BCUT2D eigenvalue weighted by molar-refractivity contribution is -0.137. The number of carbonyl (C=O) groups excluding carboxylic acids is 1. The highest BCUT2D eigenvalue weighted by molar-refractivity contribution is 7.86. The third-order valence-corrected chi connectivity index (χ3v) is 7.49. The minimum atomic E-state index is -6.09. The zero-order chi connectivity index (χ0) is 33.4. The standard InChI is InChI=1S/C29H27F3N4O.CHF3O3S/c1-36(2,3)25-14-13-20(17-23(25)29(30,31)32)28(37)34-26-21-11-7-8-12-24(21)33-27-22(26)15-16-35(27)18-19-9-5-4-6-10-19;2-1(3,4)8(5,6)7/h4-14,17H,15-16,18H2,1-3H3;(H,5,6,7). The molecule has 8 nitrogen and oxygen atoms in total. The van der Waals surface area contributed by atoms with Gasteiger partial charge in [0.15, 0.2) is 10.1 Å². The second-order valence-electron chi connectivity index (χ2n) is 11.1. The van der Waals surface area contributed by atoms with Crippen LogP contribution in [-0.4, -0.2) is 57.1 Å². The average molecular weight is 655 g/mol. The Morgan fingerprint density at radius 3 is 2.13 bits per heavy atom. The average Bonchev–Trinajstić information content (AvgIpc) is 3.33. The largest absolute Gasteiger partial charge is 0.741 e. The van der Waals surface area contributed by atoms with Crippen LogP contribution in [0, 0.1) is 0 Å². The van der Waals surface area contributed by atoms with Crippen LogP contribution in [0.15, 0.2) is 72.8 Å². The van der Waals surface area contributed by atoms with Crippen molar-refractivity contribution in [2.75, 3.05) is 37.9 Å². The number of aromatic nitrogens is 1. The van der Waals surface area contributed by atoms with Gasteiger partial charge in [0, 0.05) is 35.7 Å². The highest BCUT2D eigenvalue weighted by Gasteiger charge is 2.39. The maximum atomic E-state index is 13.9. The molecule has 0 saturated heterocycles. The molecule has 0 fully saturated rings. The quantitative estimate of drug-likeness (QED) is 0.117. The van der Waals surface area contributed by atoms with Crippen molar-refractivity contribution in [1.29, 1.82) is 0 Å². The highest BCUT2D eigenvalue weighted by atomic mass is 32.2. The lowest BCUT2D eigenvalue weighted by atomic mass is 10.0. The maximum absolute atomic E-state index is 13.9. The van der Waals surface area contributed by atoms with E-state index in [4.69, 9.17) is 18.0 Å². The molecular formula is C30H28F6N4O4S. The van der Waals surface area contributed by atoms with Crippen LogP contribution < -0.4 is 14.7 Å². The first-order chi connectivity index (χ1) is 20.8. The van der Waals surface area contributed by atoms with Gasteiger partial charge >= 0.3 is 11.7 Å². The minimum Gasteiger partial charge on any atom is -0.741 e. The van der Waals surface area contributed by atoms with Gasteiger partial charge in [-0.2, -0.15) is 26.3 Å². The maximum Gasteiger partial charge on any atom is 0.485 e. The highest BCUT2D eigenvalue weighted by Crippen LogP contribution is 2.40. The summed E-state index contributed by atoms with van der Waals surface area (Å²) in [5.41, 5.74) is -3.05. The molecule has 1 aliphatic rings. The van der Waals surface area contributed by atoms with Crippen LogP contribution in [0.3, 0.4) is 0 Å². The fraction of sp³-hybridized carbons (Fsp3) is 0.267. The normalized spacial score (nSPS) is 13.7. The van der Waals surface area contributed by atoms with Gasteiger partial charge < -0.3 is 14.8 Å². The zero-order valence-electron chi connectivity index (χ0n) is 24.2. The fourth-order valence-electron chi connectivity index (χ4n) is 4.87. The van der Waals surface area contributed by atoms with E-state index >= 15 is 0 Å². The monoisotopic (exact) mass is 654 g/mol. The van der Waals surface area contributed by atoms with E-state index in [-0.39, 0.29) is 15.7 Å². The van der Waals surface area contributed by atoms with E-state index in [1.54, 1.807) is 21.1 Å². The van der Waals surface area contributed by atoms with Crippen LogP contribution in [-0.2, 0) is 29.3 Å². The number of nitrogens with one attached hydrogen (secondary N) is 1. The predicted octanol–water partition coefficient (Wildman–Crippen LogP) is 6.32. The van der Waals surface area contributed by atoms with E-state index in [1.807, 2.05) is 42.5 Å². The van der Waals surface area contributed by atoms with Gasteiger partial charge in [0.1, 0.15) is 17.1 Å². The number of para-hydroxylation sites is 1. The first kappa shape index (κ1) is 33.7. The summed E-state index contributed by atoms with van der Waals surface area (Å²) in [5.74, 6) is 0.202. The molecule has 15 heteroatoms. The van der Waals surface area contributed by atoms with Crippen LogP contribution in [0.25, 0.3) is 10.9 Å². The summed E-state index contributed by atoms with van der Waals surface area (Å²) in [6.45, 7) is 1.40. The first-order valence-electron chi connectivity index (χ1n) is 13.3. The Labute approximate surface area is 255 Å². The van der Waals surface area contributed by atoms with Crippen molar-refractivity contribution >= 4 is 44.1 Å². The minimum absolute atomic E-state index is 0.0174. The van der Waals surface area contributed by atoms with Crippen LogP contribution in [0.5, 0.6) is 0 Å². The Bertz CT molecular complexity index is 1820. The number of amides is 1. The van der Waals surface area contributed by atoms with E-state index in [0.717, 1.165) is 34.9 Å². The molecule has 1 aromatic heterocycles. The van der Waals surface area contributed by atoms with Crippen molar-refractivity contribution in [3.05, 3.63) is 95.1 Å². The molecule has 1 N–H and O–H groups in total. The summed E-state index contributed by atoms with van der Waals surface area (Å²) in [4.78, 5) is 20.4. The topological polar surface area (TPSA) is 102 Å². The SMILES string of the molecule is C[N+](C)(C)c1ccc(C(=O)Nc2c3c(nc4ccccc24)N(Cc2ccccc2)CC3)cc1C(F)(F)F.O=S(=O)([O-])C(F)(F)F. The van der Waals surface area contributed by atoms with Crippen molar-refractivity contribution in [3.8, 4) is 0 Å². The van der Waals surface area contributed by atoms with Gasteiger partial charge in [-0.25, -0.2) is 13.4 Å². The number of hydrogen-bond donors (Lipinski definition) is 1. The number of halogens is 6. The number of fused-ring (bicyclic) bond motifs is 2. The number of carbonyl (C=O) groups is 1. The summed E-state index contributed by atoms with van der Waals surface area (Å²) in [5, 5.41) is 3.70. The number of benzene rings is 3. The molecule has 3 aromatic carbocycles. The second kappa shape index (κ2) is 12.3. The number of pyridine rings is 1. The molecule has 4 aromatic rings. The van der Waals surface area contributed by atoms with Crippen LogP contribution in [0.4, 0.5) is 43.5 Å². The summed E-state index contributed by atoms with van der Waals surface area (Å²) < 4.78 is 101. The third-order valence-electron chi connectivity index (χ3n) is 6.93. The van der Waals surface area contributed by atoms with Gasteiger partial charge in [-0.3, -0.25) is 9.28 Å². The van der Waals surface area contributed by atoms with E-state index in [2.05, 4.69) is 22.3 Å². The number of rotatable bonds is 5. The summed E-state index contributed by atoms with van der Waals surface area (Å²) in [7, 11) is -1.10. The van der Waals surface area contributed by atoms with Crippen LogP contribution in [0.1, 0.15) is 27.0 Å². The van der Waals surface area contributed by atoms with Gasteiger partial charge in [-0.05, 0) is 30.2 Å². The van der Waals surface area contributed by atoms with Gasteiger partial charge in [0.2, 0.25) is 0 Å². The molecule has 5 rings (SSSR count). The Morgan fingerprint density at radius 2 is 1.56 bits per heavy atom. The summed E-state index contributed by atoms with van der Waals surface area (Å²) >= 11 is 0. The molecule has 1 amide bonds. The molecule has 0 saturated carbocycles. The van der Waals surface area contributed by atoms with Crippen molar-refractivity contribution in [2.45, 2.75) is 24.7 Å². The zero-order valence-corrected chi connectivity index (χ0v) is 25.0. The Morgan fingerprint density at radius 1 is 0.956 bits per heavy atom. The fourth-order valence-corrected chi connectivity index (χ4v) is 4.87. The van der Waals surface area contributed by atoms with E-state index in [1.165, 1.54) is 12.1 Å². The Balaban J connectivity index is 0.000000510. The van der Waals surface area contributed by atoms with Gasteiger partial charge in [-0.15, -0.1) is 0 Å². The van der Waals surface area contributed by atoms with E-state index in [9.17, 15) is 31.1 Å². The number of anilines is 2. The summed E-state index contributed by atoms with van der Waals surface area (Å²) in [6.07, 6.45) is -3.91. The second-order valence-corrected chi connectivity index (χ2v) is 12.4. The van der Waals surface area contributed by atoms with Gasteiger partial charge in [0.05, 0.1) is 32.3 Å². The van der Waals surface area contributed by atoms with Crippen molar-refractivity contribution < 1.29 is 44.1 Å². The van der Waals surface area contributed by atoms with Gasteiger partial charge in [0.25, 0.3) is 5.91 Å². The van der Waals surface area contributed by atoms with Gasteiger partial charge in [-0.1, -0.05) is 48.5 Å². The molecule has 0 spiro atoms. The molecular weight excluding hydrogens is 626 g/mol. The third kappa shape index (κ3) is 7.72. The van der Waals surface area contributed by atoms with E-state index in [0.29, 0.717) is 24.2 Å². The molecule has 2 heterocycles. The number of alkyl halides is 6. The predicted molar refractivity (Wildman–Crippen MR) is 158 cm³/mol. The molecule has 1 aliphatic heterocycles. The number of nitrogens with zero attached hydrogens (tertiary/aromatic N) is 3. The molecule has 240 valence electrons. The smallest absolute Gasteiger partial charge is 0.485 e. The molecule has 0 radical (unpaired) electrons. The van der Waals surface area contributed by atoms with Crippen LogP contribution in [0.2, 0.25) is 0 Å². The lowest BCUT2D eigenvalue weighted by Gasteiger charge is -2.27. The molecule has 0 aliphatic carbocycles. The Kier molecular flexibility index (Phi) is 9.20. The number of hydrogen-bond acceptors (Lipinski definition) is 6. The molecule has 0 unspecified atom stereocenters. The van der Waals surface area contributed by atoms with Crippen LogP contribution >= 0.6 is 0 Å². The van der Waals surface area contributed by atoms with E-state index < -0.39 is 33.3 Å². The Hall–Kier alpha value is -4.21. The number of quaternary nitrogens is 1. The molecule has 45 heavy (non-hydrogen) atoms. The van der Waals surface area contributed by atoms with Crippen molar-refractivity contribution in [2.24, 2.45) is 0 Å². The summed E-state index contributed by atoms with van der Waals surface area (Å²) in [6, 6.07) is 21.3. The first-order valence-corrected chi connectivity index (χ1v) is 14.8.